The van der Waals surface area contributed by atoms with Gasteiger partial charge in [-0.3, -0.25) is 4.79 Å². The summed E-state index contributed by atoms with van der Waals surface area (Å²) in [5.74, 6) is 1.41. The molecular formula is C17H22ClN3O3S. The Hall–Kier alpha value is -1.73. The molecule has 2 rings (SSSR count). The van der Waals surface area contributed by atoms with E-state index in [1.807, 2.05) is 37.5 Å². The minimum absolute atomic E-state index is 0.206. The fourth-order valence-corrected chi connectivity index (χ4v) is 3.35. The summed E-state index contributed by atoms with van der Waals surface area (Å²) in [5.41, 5.74) is 0.957. The molecule has 0 bridgehead atoms. The Labute approximate surface area is 156 Å². The minimum atomic E-state index is -0.288. The maximum absolute atomic E-state index is 11.5. The van der Waals surface area contributed by atoms with Gasteiger partial charge in [0.05, 0.1) is 12.4 Å². The van der Waals surface area contributed by atoms with E-state index in [4.69, 9.17) is 21.1 Å². The molecule has 0 aliphatic rings. The van der Waals surface area contributed by atoms with Gasteiger partial charge in [0.1, 0.15) is 5.75 Å². The summed E-state index contributed by atoms with van der Waals surface area (Å²) >= 11 is 7.29. The molecule has 0 amide bonds. The molecule has 0 N–H and O–H groups in total. The second kappa shape index (κ2) is 9.10. The maximum Gasteiger partial charge on any atom is 0.316 e. The lowest BCUT2D eigenvalue weighted by Crippen LogP contribution is -2.13. The molecule has 1 aromatic carbocycles. The zero-order valence-electron chi connectivity index (χ0n) is 14.8. The number of benzene rings is 1. The molecule has 1 heterocycles. The van der Waals surface area contributed by atoms with E-state index >= 15 is 0 Å². The molecule has 136 valence electrons. The lowest BCUT2D eigenvalue weighted by molar-refractivity contribution is -0.139. The van der Waals surface area contributed by atoms with Crippen molar-refractivity contribution in [1.82, 2.24) is 14.8 Å². The van der Waals surface area contributed by atoms with Gasteiger partial charge in [0.2, 0.25) is 0 Å². The maximum atomic E-state index is 11.5. The highest BCUT2D eigenvalue weighted by molar-refractivity contribution is 7.99. The SMILES string of the molecule is CCOC(=O)CSc1nnc(C(C)Oc2ccc(Cl)cc2C)n1CC. The van der Waals surface area contributed by atoms with Crippen LogP contribution < -0.4 is 4.74 Å². The lowest BCUT2D eigenvalue weighted by Gasteiger charge is -2.17. The normalized spacial score (nSPS) is 12.0. The Bertz CT molecular complexity index is 736. The van der Waals surface area contributed by atoms with Gasteiger partial charge in [-0.1, -0.05) is 23.4 Å². The first-order valence-electron chi connectivity index (χ1n) is 8.10. The van der Waals surface area contributed by atoms with Gasteiger partial charge in [-0.05, 0) is 51.5 Å². The summed E-state index contributed by atoms with van der Waals surface area (Å²) in [7, 11) is 0. The van der Waals surface area contributed by atoms with Crippen molar-refractivity contribution >= 4 is 29.3 Å². The van der Waals surface area contributed by atoms with Crippen molar-refractivity contribution in [1.29, 1.82) is 0 Å². The topological polar surface area (TPSA) is 66.2 Å². The van der Waals surface area contributed by atoms with Gasteiger partial charge in [-0.15, -0.1) is 10.2 Å². The molecule has 1 atom stereocenters. The van der Waals surface area contributed by atoms with Crippen molar-refractivity contribution < 1.29 is 14.3 Å². The van der Waals surface area contributed by atoms with Crippen molar-refractivity contribution in [2.24, 2.45) is 0 Å². The number of ether oxygens (including phenoxy) is 2. The van der Waals surface area contributed by atoms with E-state index in [0.29, 0.717) is 29.2 Å². The molecule has 1 unspecified atom stereocenters. The highest BCUT2D eigenvalue weighted by atomic mass is 35.5. The largest absolute Gasteiger partial charge is 0.482 e. The van der Waals surface area contributed by atoms with Crippen molar-refractivity contribution in [3.05, 3.63) is 34.6 Å². The molecule has 25 heavy (non-hydrogen) atoms. The van der Waals surface area contributed by atoms with Crippen LogP contribution >= 0.6 is 23.4 Å². The summed E-state index contributed by atoms with van der Waals surface area (Å²) in [6, 6.07) is 5.49. The fourth-order valence-electron chi connectivity index (χ4n) is 2.32. The molecule has 0 saturated carbocycles. The van der Waals surface area contributed by atoms with Crippen LogP contribution in [0.1, 0.15) is 38.3 Å². The highest BCUT2D eigenvalue weighted by Crippen LogP contribution is 2.28. The molecule has 1 aromatic heterocycles. The van der Waals surface area contributed by atoms with Crippen LogP contribution in [0.5, 0.6) is 5.75 Å². The number of hydrogen-bond donors (Lipinski definition) is 0. The van der Waals surface area contributed by atoms with Crippen LogP contribution in [0.15, 0.2) is 23.4 Å². The van der Waals surface area contributed by atoms with E-state index in [1.54, 1.807) is 13.0 Å². The third-order valence-corrected chi connectivity index (χ3v) is 4.67. The predicted molar refractivity (Wildman–Crippen MR) is 98.3 cm³/mol. The molecule has 0 fully saturated rings. The highest BCUT2D eigenvalue weighted by Gasteiger charge is 2.20. The summed E-state index contributed by atoms with van der Waals surface area (Å²) in [6.07, 6.45) is -0.288. The Kier molecular flexibility index (Phi) is 7.13. The van der Waals surface area contributed by atoms with Crippen LogP contribution in [-0.2, 0) is 16.1 Å². The predicted octanol–water partition coefficient (Wildman–Crippen LogP) is 4.06. The van der Waals surface area contributed by atoms with Gasteiger partial charge in [0.25, 0.3) is 0 Å². The summed E-state index contributed by atoms with van der Waals surface area (Å²) in [6.45, 7) is 8.70. The number of aryl methyl sites for hydroxylation is 1. The summed E-state index contributed by atoms with van der Waals surface area (Å²) < 4.78 is 12.9. The number of halogens is 1. The molecule has 0 aliphatic carbocycles. The van der Waals surface area contributed by atoms with Crippen LogP contribution in [0.3, 0.4) is 0 Å². The Morgan fingerprint density at radius 1 is 1.36 bits per heavy atom. The van der Waals surface area contributed by atoms with Crippen LogP contribution in [0.2, 0.25) is 5.02 Å². The van der Waals surface area contributed by atoms with Crippen LogP contribution in [0.25, 0.3) is 0 Å². The first kappa shape index (κ1) is 19.6. The first-order chi connectivity index (χ1) is 12.0. The lowest BCUT2D eigenvalue weighted by atomic mass is 10.2. The number of rotatable bonds is 8. The molecule has 0 saturated heterocycles. The van der Waals surface area contributed by atoms with Gasteiger partial charge in [-0.25, -0.2) is 0 Å². The molecular weight excluding hydrogens is 362 g/mol. The molecule has 6 nitrogen and oxygen atoms in total. The van der Waals surface area contributed by atoms with Crippen molar-refractivity contribution in [2.75, 3.05) is 12.4 Å². The third kappa shape index (κ3) is 5.12. The molecule has 8 heteroatoms. The van der Waals surface area contributed by atoms with Crippen molar-refractivity contribution in [2.45, 2.75) is 45.5 Å². The standard InChI is InChI=1S/C17H22ClN3O3S/c1-5-21-16(19-20-17(21)25-10-15(22)23-6-2)12(4)24-14-8-7-13(18)9-11(14)3/h7-9,12H,5-6,10H2,1-4H3. The fraction of sp³-hybridized carbons (Fsp3) is 0.471. The number of carbonyl (C=O) groups excluding carboxylic acids is 1. The monoisotopic (exact) mass is 383 g/mol. The zero-order chi connectivity index (χ0) is 18.4. The van der Waals surface area contributed by atoms with E-state index in [-0.39, 0.29) is 17.8 Å². The van der Waals surface area contributed by atoms with E-state index < -0.39 is 0 Å². The van der Waals surface area contributed by atoms with E-state index in [0.717, 1.165) is 11.3 Å². The average Bonchev–Trinajstić information content (AvgIpc) is 2.98. The Balaban J connectivity index is 2.11. The minimum Gasteiger partial charge on any atom is -0.482 e. The quantitative estimate of drug-likeness (QED) is 0.506. The second-order valence-electron chi connectivity index (χ2n) is 5.35. The van der Waals surface area contributed by atoms with Gasteiger partial charge in [0, 0.05) is 11.6 Å². The van der Waals surface area contributed by atoms with Gasteiger partial charge in [0.15, 0.2) is 17.1 Å². The third-order valence-electron chi connectivity index (χ3n) is 3.49. The first-order valence-corrected chi connectivity index (χ1v) is 9.46. The molecule has 0 radical (unpaired) electrons. The van der Waals surface area contributed by atoms with Crippen molar-refractivity contribution in [3.63, 3.8) is 0 Å². The van der Waals surface area contributed by atoms with Gasteiger partial charge < -0.3 is 14.0 Å². The number of hydrogen-bond acceptors (Lipinski definition) is 6. The second-order valence-corrected chi connectivity index (χ2v) is 6.73. The number of esters is 1. The molecule has 0 spiro atoms. The van der Waals surface area contributed by atoms with E-state index in [9.17, 15) is 4.79 Å². The number of aromatic nitrogens is 3. The van der Waals surface area contributed by atoms with E-state index in [1.165, 1.54) is 11.8 Å². The number of thioether (sulfide) groups is 1. The Morgan fingerprint density at radius 3 is 2.76 bits per heavy atom. The Morgan fingerprint density at radius 2 is 2.12 bits per heavy atom. The molecule has 0 aliphatic heterocycles. The van der Waals surface area contributed by atoms with Crippen LogP contribution in [0, 0.1) is 6.92 Å². The van der Waals surface area contributed by atoms with Crippen LogP contribution in [-0.4, -0.2) is 33.1 Å². The smallest absolute Gasteiger partial charge is 0.316 e. The number of carbonyl (C=O) groups is 1. The van der Waals surface area contributed by atoms with Crippen LogP contribution in [0.4, 0.5) is 0 Å². The average molecular weight is 384 g/mol. The van der Waals surface area contributed by atoms with Crippen molar-refractivity contribution in [3.8, 4) is 5.75 Å². The zero-order valence-corrected chi connectivity index (χ0v) is 16.4. The van der Waals surface area contributed by atoms with E-state index in [2.05, 4.69) is 10.2 Å². The van der Waals surface area contributed by atoms with Gasteiger partial charge >= 0.3 is 5.97 Å². The summed E-state index contributed by atoms with van der Waals surface area (Å²) in [5, 5.41) is 9.78. The summed E-state index contributed by atoms with van der Waals surface area (Å²) in [4.78, 5) is 11.5. The van der Waals surface area contributed by atoms with Gasteiger partial charge in [-0.2, -0.15) is 0 Å². The molecule has 2 aromatic rings. The number of nitrogens with zero attached hydrogens (tertiary/aromatic N) is 3.